The van der Waals surface area contributed by atoms with Crippen molar-refractivity contribution in [3.63, 3.8) is 0 Å². The Morgan fingerprint density at radius 1 is 1.21 bits per heavy atom. The van der Waals surface area contributed by atoms with Gasteiger partial charge in [0.2, 0.25) is 0 Å². The van der Waals surface area contributed by atoms with Gasteiger partial charge in [0.05, 0.1) is 16.9 Å². The molecule has 0 aliphatic heterocycles. The third-order valence-electron chi connectivity index (χ3n) is 1.70. The fraction of sp³-hybridized carbons (Fsp3) is 0. The number of imidazole rings is 1. The monoisotopic (exact) mass is 228 g/mol. The van der Waals surface area contributed by atoms with Gasteiger partial charge in [-0.1, -0.05) is 23.2 Å². The maximum absolute atomic E-state index is 5.81. The Kier molecular flexibility index (Phi) is 2.31. The molecule has 0 saturated carbocycles. The number of hydrogen-bond donors (Lipinski definition) is 2. The molecule has 0 aromatic carbocycles. The molecule has 72 valence electrons. The lowest BCUT2D eigenvalue weighted by molar-refractivity contribution is 1.30. The maximum Gasteiger partial charge on any atom is 0.197 e. The average Bonchev–Trinajstić information content (AvgIpc) is 2.57. The van der Waals surface area contributed by atoms with Gasteiger partial charge in [0.15, 0.2) is 5.95 Å². The Balaban J connectivity index is 2.47. The summed E-state index contributed by atoms with van der Waals surface area (Å²) in [6.45, 7) is 0. The highest BCUT2D eigenvalue weighted by Crippen LogP contribution is 2.25. The highest BCUT2D eigenvalue weighted by Gasteiger charge is 2.05. The van der Waals surface area contributed by atoms with Crippen LogP contribution in [-0.2, 0) is 0 Å². The maximum atomic E-state index is 5.81. The molecule has 2 aromatic heterocycles. The Bertz CT molecular complexity index is 466. The predicted molar refractivity (Wildman–Crippen MR) is 56.3 cm³/mol. The molecule has 2 aromatic rings. The largest absolute Gasteiger partial charge is 0.369 e. The first kappa shape index (κ1) is 9.30. The molecule has 0 saturated heterocycles. The zero-order valence-corrected chi connectivity index (χ0v) is 8.47. The van der Waals surface area contributed by atoms with Gasteiger partial charge in [-0.3, -0.25) is 0 Å². The predicted octanol–water partition coefficient (Wildman–Crippen LogP) is 2.36. The molecular weight excluding hydrogens is 223 g/mol. The number of nitrogens with one attached hydrogen (secondary N) is 1. The standard InChI is InChI=1S/C8H6Cl2N4/c9-5-1-4(2-12-7(5)10)6-3-13-8(11)14-6/h1-3H,(H3,11,13,14). The Hall–Kier alpha value is -1.26. The van der Waals surface area contributed by atoms with Crippen LogP contribution < -0.4 is 5.73 Å². The van der Waals surface area contributed by atoms with Gasteiger partial charge in [0, 0.05) is 11.8 Å². The number of rotatable bonds is 1. The van der Waals surface area contributed by atoms with Gasteiger partial charge in [-0.2, -0.15) is 0 Å². The number of H-pyrrole nitrogens is 1. The van der Waals surface area contributed by atoms with E-state index in [0.29, 0.717) is 11.0 Å². The molecule has 3 N–H and O–H groups in total. The van der Waals surface area contributed by atoms with Crippen molar-refractivity contribution in [3.8, 4) is 11.3 Å². The molecule has 0 aliphatic carbocycles. The Morgan fingerprint density at radius 3 is 2.57 bits per heavy atom. The van der Waals surface area contributed by atoms with E-state index in [-0.39, 0.29) is 5.15 Å². The van der Waals surface area contributed by atoms with Crippen LogP contribution in [0.25, 0.3) is 11.3 Å². The minimum atomic E-state index is 0.280. The van der Waals surface area contributed by atoms with Crippen molar-refractivity contribution in [2.24, 2.45) is 0 Å². The van der Waals surface area contributed by atoms with Gasteiger partial charge in [-0.05, 0) is 6.07 Å². The third kappa shape index (κ3) is 1.66. The summed E-state index contributed by atoms with van der Waals surface area (Å²) in [5.41, 5.74) is 6.99. The number of hydrogen-bond acceptors (Lipinski definition) is 3. The van der Waals surface area contributed by atoms with Crippen LogP contribution in [0.15, 0.2) is 18.5 Å². The van der Waals surface area contributed by atoms with Crippen molar-refractivity contribution in [1.82, 2.24) is 15.0 Å². The lowest BCUT2D eigenvalue weighted by Crippen LogP contribution is -1.86. The molecule has 0 fully saturated rings. The summed E-state index contributed by atoms with van der Waals surface area (Å²) >= 11 is 11.5. The summed E-state index contributed by atoms with van der Waals surface area (Å²) in [5, 5.41) is 0.681. The molecule has 2 heterocycles. The summed E-state index contributed by atoms with van der Waals surface area (Å²) in [6, 6.07) is 1.70. The number of nitrogens with two attached hydrogens (primary N) is 1. The van der Waals surface area contributed by atoms with Gasteiger partial charge >= 0.3 is 0 Å². The summed E-state index contributed by atoms with van der Waals surface area (Å²) in [4.78, 5) is 10.6. The molecule has 2 rings (SSSR count). The number of nitrogens with zero attached hydrogens (tertiary/aromatic N) is 2. The summed E-state index contributed by atoms with van der Waals surface area (Å²) < 4.78 is 0. The van der Waals surface area contributed by atoms with Crippen LogP contribution in [0, 0.1) is 0 Å². The lowest BCUT2D eigenvalue weighted by atomic mass is 10.2. The first-order valence-corrected chi connectivity index (χ1v) is 4.54. The van der Waals surface area contributed by atoms with Crippen molar-refractivity contribution in [2.75, 3.05) is 5.73 Å². The second-order valence-corrected chi connectivity index (χ2v) is 3.44. The van der Waals surface area contributed by atoms with Gasteiger partial charge < -0.3 is 10.7 Å². The van der Waals surface area contributed by atoms with Crippen molar-refractivity contribution in [1.29, 1.82) is 0 Å². The molecule has 14 heavy (non-hydrogen) atoms. The van der Waals surface area contributed by atoms with Crippen LogP contribution in [0.2, 0.25) is 10.2 Å². The molecule has 0 unspecified atom stereocenters. The number of anilines is 1. The van der Waals surface area contributed by atoms with Crippen LogP contribution in [0.5, 0.6) is 0 Å². The first-order chi connectivity index (χ1) is 6.66. The SMILES string of the molecule is Nc1ncc(-c2cnc(Cl)c(Cl)c2)[nH]1. The van der Waals surface area contributed by atoms with Gasteiger partial charge in [0.25, 0.3) is 0 Å². The summed E-state index contributed by atoms with van der Waals surface area (Å²) in [5.74, 6) is 0.353. The van der Waals surface area contributed by atoms with Crippen molar-refractivity contribution >= 4 is 29.2 Å². The van der Waals surface area contributed by atoms with Crippen molar-refractivity contribution in [3.05, 3.63) is 28.6 Å². The fourth-order valence-corrected chi connectivity index (χ4v) is 1.32. The number of aromatic nitrogens is 3. The molecule has 0 aliphatic rings. The van der Waals surface area contributed by atoms with E-state index in [2.05, 4.69) is 15.0 Å². The van der Waals surface area contributed by atoms with Crippen LogP contribution in [0.3, 0.4) is 0 Å². The molecule has 0 bridgehead atoms. The summed E-state index contributed by atoms with van der Waals surface area (Å²) in [7, 11) is 0. The van der Waals surface area contributed by atoms with Crippen LogP contribution in [0.4, 0.5) is 5.95 Å². The molecule has 0 amide bonds. The number of nitrogen functional groups attached to an aromatic ring is 1. The van der Waals surface area contributed by atoms with E-state index in [4.69, 9.17) is 28.9 Å². The van der Waals surface area contributed by atoms with Crippen LogP contribution in [-0.4, -0.2) is 15.0 Å². The van der Waals surface area contributed by atoms with Crippen LogP contribution in [0.1, 0.15) is 0 Å². The van der Waals surface area contributed by atoms with Crippen LogP contribution >= 0.6 is 23.2 Å². The number of pyridine rings is 1. The van der Waals surface area contributed by atoms with E-state index in [1.807, 2.05) is 0 Å². The fourth-order valence-electron chi connectivity index (χ4n) is 1.05. The normalized spacial score (nSPS) is 10.4. The average molecular weight is 229 g/mol. The molecular formula is C8H6Cl2N4. The van der Waals surface area contributed by atoms with Crippen molar-refractivity contribution in [2.45, 2.75) is 0 Å². The quantitative estimate of drug-likeness (QED) is 0.737. The van der Waals surface area contributed by atoms with E-state index >= 15 is 0 Å². The lowest BCUT2D eigenvalue weighted by Gasteiger charge is -1.98. The molecule has 0 atom stereocenters. The van der Waals surface area contributed by atoms with E-state index in [9.17, 15) is 0 Å². The van der Waals surface area contributed by atoms with E-state index in [1.165, 1.54) is 0 Å². The topological polar surface area (TPSA) is 67.6 Å². The number of halogens is 2. The zero-order chi connectivity index (χ0) is 10.1. The first-order valence-electron chi connectivity index (χ1n) is 3.78. The molecule has 4 nitrogen and oxygen atoms in total. The smallest absolute Gasteiger partial charge is 0.197 e. The third-order valence-corrected chi connectivity index (χ3v) is 2.39. The molecule has 0 spiro atoms. The minimum Gasteiger partial charge on any atom is -0.369 e. The van der Waals surface area contributed by atoms with E-state index in [0.717, 1.165) is 11.3 Å². The summed E-state index contributed by atoms with van der Waals surface area (Å²) in [6.07, 6.45) is 3.21. The number of aromatic amines is 1. The van der Waals surface area contributed by atoms with E-state index in [1.54, 1.807) is 18.5 Å². The Morgan fingerprint density at radius 2 is 2.00 bits per heavy atom. The highest BCUT2D eigenvalue weighted by molar-refractivity contribution is 6.41. The zero-order valence-electron chi connectivity index (χ0n) is 6.96. The second kappa shape index (κ2) is 3.48. The van der Waals surface area contributed by atoms with Gasteiger partial charge in [-0.15, -0.1) is 0 Å². The molecule has 6 heteroatoms. The molecule has 0 radical (unpaired) electrons. The van der Waals surface area contributed by atoms with Crippen molar-refractivity contribution < 1.29 is 0 Å². The highest BCUT2D eigenvalue weighted by atomic mass is 35.5. The van der Waals surface area contributed by atoms with Gasteiger partial charge in [-0.25, -0.2) is 9.97 Å². The second-order valence-electron chi connectivity index (χ2n) is 2.68. The minimum absolute atomic E-state index is 0.280. The Labute approximate surface area is 90.1 Å². The van der Waals surface area contributed by atoms with Gasteiger partial charge in [0.1, 0.15) is 5.15 Å². The van der Waals surface area contributed by atoms with E-state index < -0.39 is 0 Å².